The summed E-state index contributed by atoms with van der Waals surface area (Å²) in [6, 6.07) is 5.43. The first-order valence-corrected chi connectivity index (χ1v) is 6.27. The highest BCUT2D eigenvalue weighted by atomic mass is 79.9. The number of hydrogen-bond acceptors (Lipinski definition) is 2. The van der Waals surface area contributed by atoms with Gasteiger partial charge in [-0.2, -0.15) is 0 Å². The molecule has 0 fully saturated rings. The van der Waals surface area contributed by atoms with E-state index in [0.717, 1.165) is 16.6 Å². The fourth-order valence-electron chi connectivity index (χ4n) is 1.56. The molecule has 1 unspecified atom stereocenters. The molecule has 0 aliphatic rings. The molecule has 0 aliphatic heterocycles. The van der Waals surface area contributed by atoms with Crippen LogP contribution in [0.15, 0.2) is 22.7 Å². The number of benzene rings is 1. The highest BCUT2D eigenvalue weighted by Gasteiger charge is 2.13. The molecule has 1 aromatic rings. The molecule has 96 valence electrons. The lowest BCUT2D eigenvalue weighted by Crippen LogP contribution is -2.19. The standard InChI is InChI=1S/C12H16BrF2NO/c1-3-16-8(2)10-6-9(13)4-5-11(10)17-7-12(14)15/h4-6,8,12,16H,3,7H2,1-2H3. The predicted octanol–water partition coefficient (Wildman–Crippen LogP) is 3.76. The van der Waals surface area contributed by atoms with Crippen molar-refractivity contribution < 1.29 is 13.5 Å². The zero-order valence-corrected chi connectivity index (χ0v) is 11.4. The Morgan fingerprint density at radius 1 is 1.41 bits per heavy atom. The van der Waals surface area contributed by atoms with Crippen molar-refractivity contribution >= 4 is 15.9 Å². The summed E-state index contributed by atoms with van der Waals surface area (Å²) in [5, 5.41) is 3.23. The minimum absolute atomic E-state index is 0.0603. The molecule has 1 aromatic carbocycles. The second-order valence-corrected chi connectivity index (χ2v) is 4.58. The first kappa shape index (κ1) is 14.4. The minimum atomic E-state index is -2.46. The molecule has 17 heavy (non-hydrogen) atoms. The van der Waals surface area contributed by atoms with E-state index in [1.54, 1.807) is 12.1 Å². The number of hydrogen-bond donors (Lipinski definition) is 1. The highest BCUT2D eigenvalue weighted by Crippen LogP contribution is 2.28. The van der Waals surface area contributed by atoms with Crippen LogP contribution in [0.2, 0.25) is 0 Å². The SMILES string of the molecule is CCNC(C)c1cc(Br)ccc1OCC(F)F. The van der Waals surface area contributed by atoms with Gasteiger partial charge >= 0.3 is 0 Å². The maximum atomic E-state index is 12.1. The Balaban J connectivity index is 2.87. The molecular formula is C12H16BrF2NO. The van der Waals surface area contributed by atoms with Gasteiger partial charge in [0.15, 0.2) is 0 Å². The third kappa shape index (κ3) is 4.60. The predicted molar refractivity (Wildman–Crippen MR) is 67.7 cm³/mol. The van der Waals surface area contributed by atoms with Crippen LogP contribution in [0.4, 0.5) is 8.78 Å². The molecule has 1 N–H and O–H groups in total. The summed E-state index contributed by atoms with van der Waals surface area (Å²) in [6.07, 6.45) is -2.46. The second kappa shape index (κ2) is 6.91. The van der Waals surface area contributed by atoms with Gasteiger partial charge in [-0.05, 0) is 31.7 Å². The molecule has 1 rings (SSSR count). The van der Waals surface area contributed by atoms with Gasteiger partial charge < -0.3 is 10.1 Å². The van der Waals surface area contributed by atoms with E-state index < -0.39 is 13.0 Å². The third-order valence-corrected chi connectivity index (χ3v) is 2.81. The van der Waals surface area contributed by atoms with Crippen LogP contribution in [0, 0.1) is 0 Å². The molecule has 0 bridgehead atoms. The van der Waals surface area contributed by atoms with Gasteiger partial charge in [-0.15, -0.1) is 0 Å². The average molecular weight is 308 g/mol. The van der Waals surface area contributed by atoms with E-state index >= 15 is 0 Å². The lowest BCUT2D eigenvalue weighted by atomic mass is 10.1. The maximum absolute atomic E-state index is 12.1. The lowest BCUT2D eigenvalue weighted by Gasteiger charge is -2.18. The van der Waals surface area contributed by atoms with Crippen LogP contribution >= 0.6 is 15.9 Å². The van der Waals surface area contributed by atoms with Crippen LogP contribution in [0.25, 0.3) is 0 Å². The Morgan fingerprint density at radius 2 is 2.12 bits per heavy atom. The Labute approximate surface area is 108 Å². The second-order valence-electron chi connectivity index (χ2n) is 3.66. The van der Waals surface area contributed by atoms with Gasteiger partial charge in [0.05, 0.1) is 0 Å². The molecule has 2 nitrogen and oxygen atoms in total. The summed E-state index contributed by atoms with van der Waals surface area (Å²) in [7, 11) is 0. The Morgan fingerprint density at radius 3 is 2.71 bits per heavy atom. The van der Waals surface area contributed by atoms with Crippen molar-refractivity contribution in [3.8, 4) is 5.75 Å². The van der Waals surface area contributed by atoms with E-state index in [1.807, 2.05) is 19.9 Å². The van der Waals surface area contributed by atoms with Gasteiger partial charge in [-0.3, -0.25) is 0 Å². The summed E-state index contributed by atoms with van der Waals surface area (Å²) in [5.41, 5.74) is 0.877. The van der Waals surface area contributed by atoms with Gasteiger partial charge in [0.2, 0.25) is 0 Å². The molecule has 0 saturated heterocycles. The van der Waals surface area contributed by atoms with Crippen molar-refractivity contribution in [2.75, 3.05) is 13.2 Å². The number of rotatable bonds is 6. The van der Waals surface area contributed by atoms with E-state index in [4.69, 9.17) is 4.74 Å². The van der Waals surface area contributed by atoms with Gasteiger partial charge in [-0.25, -0.2) is 8.78 Å². The monoisotopic (exact) mass is 307 g/mol. The Kier molecular flexibility index (Phi) is 5.85. The van der Waals surface area contributed by atoms with Crippen LogP contribution in [0.5, 0.6) is 5.75 Å². The van der Waals surface area contributed by atoms with E-state index in [1.165, 1.54) is 0 Å². The first-order chi connectivity index (χ1) is 8.04. The van der Waals surface area contributed by atoms with E-state index in [2.05, 4.69) is 21.2 Å². The summed E-state index contributed by atoms with van der Waals surface area (Å²) >= 11 is 3.36. The van der Waals surface area contributed by atoms with Crippen molar-refractivity contribution in [1.82, 2.24) is 5.32 Å². The van der Waals surface area contributed by atoms with Crippen molar-refractivity contribution in [2.45, 2.75) is 26.3 Å². The maximum Gasteiger partial charge on any atom is 0.272 e. The van der Waals surface area contributed by atoms with Crippen molar-refractivity contribution in [3.05, 3.63) is 28.2 Å². The molecule has 0 radical (unpaired) electrons. The molecule has 0 aliphatic carbocycles. The summed E-state index contributed by atoms with van der Waals surface area (Å²) in [6.45, 7) is 4.20. The van der Waals surface area contributed by atoms with Gasteiger partial charge in [0.1, 0.15) is 12.4 Å². The van der Waals surface area contributed by atoms with Crippen LogP contribution < -0.4 is 10.1 Å². The van der Waals surface area contributed by atoms with E-state index in [9.17, 15) is 8.78 Å². The first-order valence-electron chi connectivity index (χ1n) is 5.48. The number of alkyl halides is 2. The van der Waals surface area contributed by atoms with Crippen molar-refractivity contribution in [3.63, 3.8) is 0 Å². The van der Waals surface area contributed by atoms with Crippen LogP contribution in [-0.4, -0.2) is 19.6 Å². The van der Waals surface area contributed by atoms with Crippen LogP contribution in [0.3, 0.4) is 0 Å². The highest BCUT2D eigenvalue weighted by molar-refractivity contribution is 9.10. The van der Waals surface area contributed by atoms with Crippen LogP contribution in [0.1, 0.15) is 25.5 Å². The molecule has 1 atom stereocenters. The van der Waals surface area contributed by atoms with Gasteiger partial charge in [0.25, 0.3) is 6.43 Å². The van der Waals surface area contributed by atoms with Crippen LogP contribution in [-0.2, 0) is 0 Å². The third-order valence-electron chi connectivity index (χ3n) is 2.31. The number of halogens is 3. The quantitative estimate of drug-likeness (QED) is 0.864. The molecule has 0 heterocycles. The molecular weight excluding hydrogens is 292 g/mol. The molecule has 0 aromatic heterocycles. The number of nitrogens with one attached hydrogen (secondary N) is 1. The fraction of sp³-hybridized carbons (Fsp3) is 0.500. The normalized spacial score (nSPS) is 12.8. The van der Waals surface area contributed by atoms with Crippen molar-refractivity contribution in [1.29, 1.82) is 0 Å². The molecule has 0 saturated carbocycles. The lowest BCUT2D eigenvalue weighted by molar-refractivity contribution is 0.0811. The fourth-order valence-corrected chi connectivity index (χ4v) is 1.94. The van der Waals surface area contributed by atoms with Crippen molar-refractivity contribution in [2.24, 2.45) is 0 Å². The average Bonchev–Trinajstić information content (AvgIpc) is 2.27. The molecule has 5 heteroatoms. The van der Waals surface area contributed by atoms with E-state index in [0.29, 0.717) is 5.75 Å². The summed E-state index contributed by atoms with van der Waals surface area (Å²) in [5.74, 6) is 0.502. The Bertz CT molecular complexity index is 360. The minimum Gasteiger partial charge on any atom is -0.487 e. The van der Waals surface area contributed by atoms with Gasteiger partial charge in [-0.1, -0.05) is 22.9 Å². The summed E-state index contributed by atoms with van der Waals surface area (Å²) < 4.78 is 30.3. The summed E-state index contributed by atoms with van der Waals surface area (Å²) in [4.78, 5) is 0. The zero-order chi connectivity index (χ0) is 12.8. The van der Waals surface area contributed by atoms with Gasteiger partial charge in [0, 0.05) is 16.1 Å². The van der Waals surface area contributed by atoms with E-state index in [-0.39, 0.29) is 6.04 Å². The number of ether oxygens (including phenoxy) is 1. The largest absolute Gasteiger partial charge is 0.487 e. The smallest absolute Gasteiger partial charge is 0.272 e. The molecule has 0 amide bonds. The molecule has 0 spiro atoms. The topological polar surface area (TPSA) is 21.3 Å². The zero-order valence-electron chi connectivity index (χ0n) is 9.84. The Hall–Kier alpha value is -0.680.